The normalized spacial score (nSPS) is 13.4. The van der Waals surface area contributed by atoms with Gasteiger partial charge in [0, 0.05) is 6.08 Å². The van der Waals surface area contributed by atoms with Gasteiger partial charge in [0.2, 0.25) is 11.6 Å². The van der Waals surface area contributed by atoms with Crippen LogP contribution in [0.1, 0.15) is 34.1 Å². The maximum absolute atomic E-state index is 12.8. The molecule has 8 nitrogen and oxygen atoms in total. The van der Waals surface area contributed by atoms with Crippen molar-refractivity contribution in [3.05, 3.63) is 82.8 Å². The lowest BCUT2D eigenvalue weighted by atomic mass is 9.97. The minimum Gasteiger partial charge on any atom is -0.497 e. The number of hydrogen-bond acceptors (Lipinski definition) is 8. The van der Waals surface area contributed by atoms with Crippen LogP contribution < -0.4 is 9.47 Å². The molecule has 8 heteroatoms. The summed E-state index contributed by atoms with van der Waals surface area (Å²) in [6, 6.07) is 12.1. The number of Topliss-reactive ketones (excluding diaryl/α,β-unsaturated/α-hetero) is 1. The van der Waals surface area contributed by atoms with Crippen LogP contribution in [0.5, 0.6) is 11.5 Å². The van der Waals surface area contributed by atoms with Gasteiger partial charge < -0.3 is 18.9 Å². The van der Waals surface area contributed by atoms with Gasteiger partial charge in [-0.05, 0) is 55.0 Å². The first kappa shape index (κ1) is 22.5. The summed E-state index contributed by atoms with van der Waals surface area (Å²) in [5.41, 5.74) is 0.289. The van der Waals surface area contributed by atoms with E-state index in [0.717, 1.165) is 6.08 Å². The van der Waals surface area contributed by atoms with Crippen molar-refractivity contribution in [2.45, 2.75) is 13.3 Å². The highest BCUT2D eigenvalue weighted by molar-refractivity contribution is 6.22. The smallest absolute Gasteiger partial charge is 0.343 e. The minimum atomic E-state index is -0.811. The van der Waals surface area contributed by atoms with Crippen LogP contribution in [0.25, 0.3) is 0 Å². The zero-order chi connectivity index (χ0) is 23.3. The van der Waals surface area contributed by atoms with Crippen LogP contribution in [0.4, 0.5) is 0 Å². The van der Waals surface area contributed by atoms with Gasteiger partial charge in [-0.25, -0.2) is 9.59 Å². The summed E-state index contributed by atoms with van der Waals surface area (Å²) in [7, 11) is 2.98. The molecule has 2 aromatic rings. The number of ether oxygens (including phenoxy) is 4. The summed E-state index contributed by atoms with van der Waals surface area (Å²) in [5, 5.41) is 0. The Hall–Kier alpha value is -4.20. The molecular weight excluding hydrogens is 416 g/mol. The Morgan fingerprint density at radius 1 is 0.750 bits per heavy atom. The molecule has 1 aliphatic carbocycles. The van der Waals surface area contributed by atoms with Gasteiger partial charge in [0.1, 0.15) is 11.5 Å². The molecule has 0 spiro atoms. The summed E-state index contributed by atoms with van der Waals surface area (Å²) in [5.74, 6) is -2.79. The monoisotopic (exact) mass is 436 g/mol. The van der Waals surface area contributed by atoms with Gasteiger partial charge >= 0.3 is 11.9 Å². The molecule has 0 aromatic heterocycles. The van der Waals surface area contributed by atoms with E-state index >= 15 is 0 Å². The first-order chi connectivity index (χ1) is 15.4. The predicted octanol–water partition coefficient (Wildman–Crippen LogP) is 3.42. The predicted molar refractivity (Wildman–Crippen MR) is 112 cm³/mol. The van der Waals surface area contributed by atoms with Crippen LogP contribution >= 0.6 is 0 Å². The summed E-state index contributed by atoms with van der Waals surface area (Å²) < 4.78 is 20.4. The van der Waals surface area contributed by atoms with Gasteiger partial charge in [0.15, 0.2) is 11.5 Å². The van der Waals surface area contributed by atoms with Crippen molar-refractivity contribution in [3.8, 4) is 11.5 Å². The first-order valence-electron chi connectivity index (χ1n) is 9.64. The van der Waals surface area contributed by atoms with Crippen molar-refractivity contribution >= 4 is 23.5 Å². The number of allylic oxidation sites excluding steroid dienone is 2. The van der Waals surface area contributed by atoms with Crippen molar-refractivity contribution in [1.82, 2.24) is 0 Å². The number of methoxy groups -OCH3 is 2. The summed E-state index contributed by atoms with van der Waals surface area (Å²) in [6.07, 6.45) is 0.937. The highest BCUT2D eigenvalue weighted by Gasteiger charge is 2.33. The average Bonchev–Trinajstić information content (AvgIpc) is 2.82. The van der Waals surface area contributed by atoms with Crippen LogP contribution in [0.3, 0.4) is 0 Å². The van der Waals surface area contributed by atoms with Gasteiger partial charge in [0.25, 0.3) is 0 Å². The Bertz CT molecular complexity index is 1120. The molecule has 2 aromatic carbocycles. The molecule has 0 heterocycles. The summed E-state index contributed by atoms with van der Waals surface area (Å²) in [4.78, 5) is 50.2. The molecule has 0 aliphatic heterocycles. The molecule has 0 radical (unpaired) electrons. The zero-order valence-corrected chi connectivity index (χ0v) is 17.7. The maximum atomic E-state index is 12.8. The minimum absolute atomic E-state index is 0.0584. The Kier molecular flexibility index (Phi) is 6.84. The number of benzene rings is 2. The lowest BCUT2D eigenvalue weighted by Crippen LogP contribution is -2.25. The molecule has 32 heavy (non-hydrogen) atoms. The van der Waals surface area contributed by atoms with Gasteiger partial charge in [-0.1, -0.05) is 6.92 Å². The fraction of sp³-hybridized carbons (Fsp3) is 0.167. The molecule has 0 saturated heterocycles. The Morgan fingerprint density at radius 2 is 1.22 bits per heavy atom. The standard InChI is InChI=1S/C24H20O8/c1-4-18-21(26)20(31-23(27)14-5-9-16(29-2)10-6-14)13-19(25)22(18)32-24(28)15-7-11-17(30-3)12-8-15/h5-13H,4H2,1-3H3. The average molecular weight is 436 g/mol. The molecular formula is C24H20O8. The highest BCUT2D eigenvalue weighted by atomic mass is 16.6. The van der Waals surface area contributed by atoms with Crippen molar-refractivity contribution < 1.29 is 38.1 Å². The third-order valence-corrected chi connectivity index (χ3v) is 4.66. The van der Waals surface area contributed by atoms with Crippen molar-refractivity contribution in [1.29, 1.82) is 0 Å². The first-order valence-corrected chi connectivity index (χ1v) is 9.64. The van der Waals surface area contributed by atoms with Crippen molar-refractivity contribution in [2.75, 3.05) is 14.2 Å². The van der Waals surface area contributed by atoms with Gasteiger partial charge in [0.05, 0.1) is 30.9 Å². The number of hydrogen-bond donors (Lipinski definition) is 0. The Morgan fingerprint density at radius 3 is 1.66 bits per heavy atom. The van der Waals surface area contributed by atoms with Gasteiger partial charge in [-0.15, -0.1) is 0 Å². The summed E-state index contributed by atoms with van der Waals surface area (Å²) >= 11 is 0. The SMILES string of the molecule is CCC1=C(OC(=O)c2ccc(OC)cc2)C(=O)C=C(OC(=O)c2ccc(OC)cc2)C1=O. The molecule has 1 aliphatic rings. The zero-order valence-electron chi connectivity index (χ0n) is 17.7. The van der Waals surface area contributed by atoms with Crippen LogP contribution in [0, 0.1) is 0 Å². The van der Waals surface area contributed by atoms with Gasteiger partial charge in [-0.3, -0.25) is 9.59 Å². The van der Waals surface area contributed by atoms with E-state index in [0.29, 0.717) is 11.5 Å². The molecule has 0 amide bonds. The Labute approximate surface area is 184 Å². The van der Waals surface area contributed by atoms with E-state index in [1.807, 2.05) is 0 Å². The quantitative estimate of drug-likeness (QED) is 0.480. The highest BCUT2D eigenvalue weighted by Crippen LogP contribution is 2.26. The fourth-order valence-corrected chi connectivity index (χ4v) is 2.92. The van der Waals surface area contributed by atoms with Crippen LogP contribution in [-0.2, 0) is 19.1 Å². The van der Waals surface area contributed by atoms with Gasteiger partial charge in [-0.2, -0.15) is 0 Å². The molecule has 0 bridgehead atoms. The van der Waals surface area contributed by atoms with E-state index < -0.39 is 29.3 Å². The molecule has 0 saturated carbocycles. The van der Waals surface area contributed by atoms with E-state index in [-0.39, 0.29) is 28.9 Å². The number of rotatable bonds is 7. The summed E-state index contributed by atoms with van der Waals surface area (Å²) in [6.45, 7) is 1.62. The number of carbonyl (C=O) groups excluding carboxylic acids is 4. The second-order valence-corrected chi connectivity index (χ2v) is 6.60. The molecule has 0 N–H and O–H groups in total. The second-order valence-electron chi connectivity index (χ2n) is 6.60. The molecule has 3 rings (SSSR count). The van der Waals surface area contributed by atoms with Crippen LogP contribution in [0.2, 0.25) is 0 Å². The number of esters is 2. The lowest BCUT2D eigenvalue weighted by molar-refractivity contribution is -0.119. The second kappa shape index (κ2) is 9.74. The fourth-order valence-electron chi connectivity index (χ4n) is 2.92. The van der Waals surface area contributed by atoms with E-state index in [4.69, 9.17) is 18.9 Å². The van der Waals surface area contributed by atoms with E-state index in [9.17, 15) is 19.2 Å². The lowest BCUT2D eigenvalue weighted by Gasteiger charge is -2.17. The maximum Gasteiger partial charge on any atom is 0.343 e. The number of ketones is 2. The van der Waals surface area contributed by atoms with E-state index in [2.05, 4.69) is 0 Å². The molecule has 0 unspecified atom stereocenters. The van der Waals surface area contributed by atoms with Crippen LogP contribution in [-0.4, -0.2) is 37.7 Å². The largest absolute Gasteiger partial charge is 0.497 e. The number of carbonyl (C=O) groups is 4. The van der Waals surface area contributed by atoms with Crippen molar-refractivity contribution in [3.63, 3.8) is 0 Å². The van der Waals surface area contributed by atoms with Crippen molar-refractivity contribution in [2.24, 2.45) is 0 Å². The topological polar surface area (TPSA) is 105 Å². The molecule has 164 valence electrons. The van der Waals surface area contributed by atoms with E-state index in [1.165, 1.54) is 38.5 Å². The molecule has 0 fully saturated rings. The van der Waals surface area contributed by atoms with Crippen LogP contribution in [0.15, 0.2) is 71.7 Å². The van der Waals surface area contributed by atoms with E-state index in [1.54, 1.807) is 31.2 Å². The Balaban J connectivity index is 1.78. The third-order valence-electron chi connectivity index (χ3n) is 4.66. The molecule has 0 atom stereocenters. The third kappa shape index (κ3) is 4.75.